The molecule has 0 aromatic heterocycles. The summed E-state index contributed by atoms with van der Waals surface area (Å²) in [7, 11) is 0. The molecule has 1 aromatic carbocycles. The Morgan fingerprint density at radius 1 is 1.26 bits per heavy atom. The third-order valence-corrected chi connectivity index (χ3v) is 4.61. The van der Waals surface area contributed by atoms with E-state index in [1.807, 2.05) is 0 Å². The van der Waals surface area contributed by atoms with Crippen molar-refractivity contribution in [2.45, 2.75) is 57.8 Å². The summed E-state index contributed by atoms with van der Waals surface area (Å²) in [6.45, 7) is 2.15. The molecule has 1 aromatic rings. The second-order valence-corrected chi connectivity index (χ2v) is 5.85. The van der Waals surface area contributed by atoms with Crippen molar-refractivity contribution in [2.75, 3.05) is 0 Å². The molecule has 1 atom stereocenters. The summed E-state index contributed by atoms with van der Waals surface area (Å²) in [5, 5.41) is 0. The summed E-state index contributed by atoms with van der Waals surface area (Å²) in [6, 6.07) is 8.58. The lowest BCUT2D eigenvalue weighted by Gasteiger charge is -2.26. The zero-order valence-corrected chi connectivity index (χ0v) is 11.7. The number of allylic oxidation sites excluding steroid dienone is 2. The average molecular weight is 254 g/mol. The fourth-order valence-electron chi connectivity index (χ4n) is 3.60. The number of fused-ring (bicyclic) bond motifs is 2. The number of carbonyl (C=O) groups excluding carboxylic acids is 1. The van der Waals surface area contributed by atoms with Crippen molar-refractivity contribution in [1.29, 1.82) is 0 Å². The van der Waals surface area contributed by atoms with E-state index in [4.69, 9.17) is 0 Å². The van der Waals surface area contributed by atoms with Gasteiger partial charge in [0, 0.05) is 12.3 Å². The topological polar surface area (TPSA) is 17.1 Å². The fourth-order valence-corrected chi connectivity index (χ4v) is 3.60. The van der Waals surface area contributed by atoms with Gasteiger partial charge in [0.1, 0.15) is 5.78 Å². The van der Waals surface area contributed by atoms with E-state index in [0.717, 1.165) is 25.7 Å². The summed E-state index contributed by atoms with van der Waals surface area (Å²) in [5.74, 6) is 0.590. The molecular formula is C18H22O. The first-order valence-corrected chi connectivity index (χ1v) is 7.64. The van der Waals surface area contributed by atoms with E-state index >= 15 is 0 Å². The van der Waals surface area contributed by atoms with Crippen molar-refractivity contribution in [1.82, 2.24) is 0 Å². The highest BCUT2D eigenvalue weighted by Gasteiger charge is 2.32. The predicted octanol–water partition coefficient (Wildman–Crippen LogP) is 4.87. The zero-order valence-electron chi connectivity index (χ0n) is 11.7. The highest BCUT2D eigenvalue weighted by molar-refractivity contribution is 5.90. The lowest BCUT2D eigenvalue weighted by molar-refractivity contribution is -0.120. The van der Waals surface area contributed by atoms with Crippen molar-refractivity contribution in [3.63, 3.8) is 0 Å². The third kappa shape index (κ3) is 2.27. The monoisotopic (exact) mass is 254 g/mol. The summed E-state index contributed by atoms with van der Waals surface area (Å²) in [6.07, 6.45) is 7.57. The molecule has 0 spiro atoms. The standard InChI is InChI=1S/C18H22O/c1-2-3-11-18(19)17-12-13-7-6-10-14(13)15-8-4-5-9-16(15)17/h4-5,8-9,17H,2-3,6-7,10-12H2,1H3. The second-order valence-electron chi connectivity index (χ2n) is 5.85. The van der Waals surface area contributed by atoms with Crippen molar-refractivity contribution >= 4 is 11.4 Å². The molecule has 0 N–H and O–H groups in total. The molecule has 0 saturated carbocycles. The number of carbonyl (C=O) groups is 1. The molecule has 100 valence electrons. The molecule has 0 amide bonds. The Morgan fingerprint density at radius 3 is 2.95 bits per heavy atom. The van der Waals surface area contributed by atoms with Gasteiger partial charge in [0.2, 0.25) is 0 Å². The van der Waals surface area contributed by atoms with Crippen molar-refractivity contribution in [3.05, 3.63) is 41.0 Å². The fraction of sp³-hybridized carbons (Fsp3) is 0.500. The highest BCUT2D eigenvalue weighted by atomic mass is 16.1. The summed E-state index contributed by atoms with van der Waals surface area (Å²) >= 11 is 0. The van der Waals surface area contributed by atoms with Crippen LogP contribution < -0.4 is 0 Å². The number of unbranched alkanes of at least 4 members (excludes halogenated alkanes) is 1. The van der Waals surface area contributed by atoms with Crippen LogP contribution >= 0.6 is 0 Å². The average Bonchev–Trinajstić information content (AvgIpc) is 2.92. The van der Waals surface area contributed by atoms with Crippen LogP contribution in [0.4, 0.5) is 0 Å². The molecule has 2 aliphatic carbocycles. The molecule has 19 heavy (non-hydrogen) atoms. The SMILES string of the molecule is CCCCC(=O)C1CC2=C(CCC2)c2ccccc21. The van der Waals surface area contributed by atoms with Crippen molar-refractivity contribution in [3.8, 4) is 0 Å². The summed E-state index contributed by atoms with van der Waals surface area (Å²) in [4.78, 5) is 12.5. The molecule has 0 fully saturated rings. The van der Waals surface area contributed by atoms with Crippen LogP contribution in [0.15, 0.2) is 29.8 Å². The molecule has 0 saturated heterocycles. The van der Waals surface area contributed by atoms with Gasteiger partial charge < -0.3 is 0 Å². The smallest absolute Gasteiger partial charge is 0.140 e. The predicted molar refractivity (Wildman–Crippen MR) is 79.1 cm³/mol. The molecule has 2 aliphatic rings. The lowest BCUT2D eigenvalue weighted by atomic mass is 9.77. The number of benzene rings is 1. The molecule has 1 nitrogen and oxygen atoms in total. The van der Waals surface area contributed by atoms with Gasteiger partial charge in [-0.3, -0.25) is 4.79 Å². The minimum absolute atomic E-state index is 0.139. The number of ketones is 1. The second kappa shape index (κ2) is 5.32. The van der Waals surface area contributed by atoms with E-state index in [9.17, 15) is 4.79 Å². The van der Waals surface area contributed by atoms with Gasteiger partial charge in [-0.05, 0) is 48.8 Å². The van der Waals surface area contributed by atoms with Gasteiger partial charge in [-0.25, -0.2) is 0 Å². The molecule has 0 bridgehead atoms. The minimum atomic E-state index is 0.139. The van der Waals surface area contributed by atoms with Crippen LogP contribution in [0.2, 0.25) is 0 Å². The Kier molecular flexibility index (Phi) is 3.54. The van der Waals surface area contributed by atoms with Gasteiger partial charge >= 0.3 is 0 Å². The first kappa shape index (κ1) is 12.7. The normalized spacial score (nSPS) is 21.2. The first-order valence-electron chi connectivity index (χ1n) is 7.64. The number of Topliss-reactive ketones (excluding diaryl/α,β-unsaturated/α-hetero) is 1. The molecule has 1 heteroatoms. The van der Waals surface area contributed by atoms with Crippen LogP contribution in [-0.4, -0.2) is 5.78 Å². The van der Waals surface area contributed by atoms with Gasteiger partial charge in [0.25, 0.3) is 0 Å². The van der Waals surface area contributed by atoms with Gasteiger partial charge in [0.05, 0.1) is 0 Å². The van der Waals surface area contributed by atoms with Crippen molar-refractivity contribution < 1.29 is 4.79 Å². The largest absolute Gasteiger partial charge is 0.299 e. The van der Waals surface area contributed by atoms with Gasteiger partial charge in [-0.15, -0.1) is 0 Å². The maximum Gasteiger partial charge on any atom is 0.140 e. The van der Waals surface area contributed by atoms with Crippen LogP contribution in [0, 0.1) is 0 Å². The maximum atomic E-state index is 12.5. The highest BCUT2D eigenvalue weighted by Crippen LogP contribution is 2.46. The Morgan fingerprint density at radius 2 is 2.11 bits per heavy atom. The van der Waals surface area contributed by atoms with Crippen molar-refractivity contribution in [2.24, 2.45) is 0 Å². The molecule has 3 rings (SSSR count). The molecule has 0 aliphatic heterocycles. The van der Waals surface area contributed by atoms with Crippen LogP contribution in [-0.2, 0) is 4.79 Å². The van der Waals surface area contributed by atoms with Gasteiger partial charge in [-0.2, -0.15) is 0 Å². The summed E-state index contributed by atoms with van der Waals surface area (Å²) in [5.41, 5.74) is 5.78. The van der Waals surface area contributed by atoms with Gasteiger partial charge in [-0.1, -0.05) is 43.2 Å². The third-order valence-electron chi connectivity index (χ3n) is 4.61. The Labute approximate surface area is 115 Å². The van der Waals surface area contributed by atoms with E-state index in [1.165, 1.54) is 30.4 Å². The van der Waals surface area contributed by atoms with Crippen LogP contribution in [0.3, 0.4) is 0 Å². The number of hydrogen-bond donors (Lipinski definition) is 0. The van der Waals surface area contributed by atoms with Crippen LogP contribution in [0.25, 0.3) is 5.57 Å². The molecule has 1 unspecified atom stereocenters. The van der Waals surface area contributed by atoms with Gasteiger partial charge in [0.15, 0.2) is 0 Å². The first-order chi connectivity index (χ1) is 9.31. The molecule has 0 radical (unpaired) electrons. The Hall–Kier alpha value is -1.37. The van der Waals surface area contributed by atoms with Crippen LogP contribution in [0.1, 0.15) is 68.9 Å². The quantitative estimate of drug-likeness (QED) is 0.749. The zero-order chi connectivity index (χ0) is 13.2. The number of hydrogen-bond acceptors (Lipinski definition) is 1. The summed E-state index contributed by atoms with van der Waals surface area (Å²) < 4.78 is 0. The van der Waals surface area contributed by atoms with E-state index < -0.39 is 0 Å². The minimum Gasteiger partial charge on any atom is -0.299 e. The Bertz CT molecular complexity index is 524. The maximum absolute atomic E-state index is 12.5. The lowest BCUT2D eigenvalue weighted by Crippen LogP contribution is -2.18. The Balaban J connectivity index is 1.94. The number of rotatable bonds is 4. The van der Waals surface area contributed by atoms with E-state index in [1.54, 1.807) is 11.1 Å². The van der Waals surface area contributed by atoms with E-state index in [-0.39, 0.29) is 5.92 Å². The van der Waals surface area contributed by atoms with E-state index in [2.05, 4.69) is 31.2 Å². The van der Waals surface area contributed by atoms with Crippen LogP contribution in [0.5, 0.6) is 0 Å². The van der Waals surface area contributed by atoms with E-state index in [0.29, 0.717) is 5.78 Å². The molecular weight excluding hydrogens is 232 g/mol. The molecule has 0 heterocycles.